The first-order chi connectivity index (χ1) is 14.8. The van der Waals surface area contributed by atoms with Gasteiger partial charge in [-0.1, -0.05) is 18.7 Å². The number of urea groups is 1. The van der Waals surface area contributed by atoms with Crippen molar-refractivity contribution in [3.63, 3.8) is 0 Å². The van der Waals surface area contributed by atoms with Gasteiger partial charge in [-0.05, 0) is 36.8 Å². The summed E-state index contributed by atoms with van der Waals surface area (Å²) in [5.74, 6) is 0.609. The van der Waals surface area contributed by atoms with Gasteiger partial charge in [-0.3, -0.25) is 14.7 Å². The number of rotatable bonds is 7. The lowest BCUT2D eigenvalue weighted by Gasteiger charge is -2.13. The van der Waals surface area contributed by atoms with Crippen LogP contribution in [0.2, 0.25) is 0 Å². The lowest BCUT2D eigenvalue weighted by atomic mass is 10.1. The molecule has 1 aromatic heterocycles. The molecule has 2 heterocycles. The van der Waals surface area contributed by atoms with E-state index in [9.17, 15) is 9.59 Å². The SMILES string of the molecule is C=C(C=N/C=C(\C)N1CCNC1=O)Nc1ccc(-c2ccc(C(=O)N(C)C)cc2)cn1. The van der Waals surface area contributed by atoms with Gasteiger partial charge in [0.1, 0.15) is 5.82 Å². The number of hydrogen-bond acceptors (Lipinski definition) is 5. The molecular formula is C23H26N6O2. The van der Waals surface area contributed by atoms with Crippen LogP contribution in [0, 0.1) is 0 Å². The molecule has 3 amide bonds. The number of aromatic nitrogens is 1. The third-order valence-electron chi connectivity index (χ3n) is 4.70. The highest BCUT2D eigenvalue weighted by molar-refractivity contribution is 5.94. The van der Waals surface area contributed by atoms with Gasteiger partial charge in [-0.15, -0.1) is 0 Å². The van der Waals surface area contributed by atoms with Crippen molar-refractivity contribution in [1.82, 2.24) is 20.1 Å². The Labute approximate surface area is 182 Å². The Kier molecular flexibility index (Phi) is 6.81. The lowest BCUT2D eigenvalue weighted by molar-refractivity contribution is 0.0827. The summed E-state index contributed by atoms with van der Waals surface area (Å²) in [6, 6.07) is 11.1. The molecule has 2 aromatic rings. The van der Waals surface area contributed by atoms with Gasteiger partial charge in [0.25, 0.3) is 5.91 Å². The largest absolute Gasteiger partial charge is 0.345 e. The molecule has 1 aliphatic heterocycles. The third-order valence-corrected chi connectivity index (χ3v) is 4.70. The molecule has 1 fully saturated rings. The van der Waals surface area contributed by atoms with Crippen molar-refractivity contribution in [2.45, 2.75) is 6.92 Å². The van der Waals surface area contributed by atoms with Gasteiger partial charge in [0.15, 0.2) is 0 Å². The Balaban J connectivity index is 1.58. The number of nitrogens with one attached hydrogen (secondary N) is 2. The maximum absolute atomic E-state index is 12.0. The number of allylic oxidation sites excluding steroid dienone is 2. The minimum Gasteiger partial charge on any atom is -0.345 e. The number of carbonyl (C=O) groups is 2. The van der Waals surface area contributed by atoms with Crippen molar-refractivity contribution >= 4 is 24.0 Å². The number of benzene rings is 1. The fourth-order valence-electron chi connectivity index (χ4n) is 3.01. The van der Waals surface area contributed by atoms with Gasteiger partial charge in [0.2, 0.25) is 0 Å². The number of amides is 3. The van der Waals surface area contributed by atoms with Crippen molar-refractivity contribution in [1.29, 1.82) is 0 Å². The molecule has 1 saturated heterocycles. The normalized spacial score (nSPS) is 14.0. The van der Waals surface area contributed by atoms with Gasteiger partial charge in [0.05, 0.1) is 5.70 Å². The van der Waals surface area contributed by atoms with Gasteiger partial charge in [0, 0.05) is 62.6 Å². The predicted molar refractivity (Wildman–Crippen MR) is 123 cm³/mol. The zero-order chi connectivity index (χ0) is 22.4. The van der Waals surface area contributed by atoms with E-state index < -0.39 is 0 Å². The molecule has 8 nitrogen and oxygen atoms in total. The van der Waals surface area contributed by atoms with Crippen LogP contribution in [0.5, 0.6) is 0 Å². The first-order valence-corrected chi connectivity index (χ1v) is 9.84. The molecule has 3 rings (SSSR count). The van der Waals surface area contributed by atoms with Crippen LogP contribution in [-0.2, 0) is 0 Å². The highest BCUT2D eigenvalue weighted by Crippen LogP contribution is 2.21. The van der Waals surface area contributed by atoms with Crippen LogP contribution in [0.4, 0.5) is 10.6 Å². The van der Waals surface area contributed by atoms with Crippen LogP contribution in [0.3, 0.4) is 0 Å². The van der Waals surface area contributed by atoms with E-state index in [4.69, 9.17) is 0 Å². The Morgan fingerprint density at radius 2 is 1.94 bits per heavy atom. The van der Waals surface area contributed by atoms with Crippen LogP contribution in [0.1, 0.15) is 17.3 Å². The second-order valence-electron chi connectivity index (χ2n) is 7.29. The van der Waals surface area contributed by atoms with E-state index in [0.29, 0.717) is 30.2 Å². The fraction of sp³-hybridized carbons (Fsp3) is 0.217. The smallest absolute Gasteiger partial charge is 0.321 e. The minimum atomic E-state index is -0.107. The van der Waals surface area contributed by atoms with Gasteiger partial charge >= 0.3 is 6.03 Å². The summed E-state index contributed by atoms with van der Waals surface area (Å²) in [5, 5.41) is 5.83. The molecule has 0 radical (unpaired) electrons. The molecule has 0 atom stereocenters. The predicted octanol–water partition coefficient (Wildman–Crippen LogP) is 3.33. The first kappa shape index (κ1) is 21.8. The average Bonchev–Trinajstić information content (AvgIpc) is 3.19. The Morgan fingerprint density at radius 3 is 2.52 bits per heavy atom. The van der Waals surface area contributed by atoms with Crippen LogP contribution in [0.25, 0.3) is 11.1 Å². The monoisotopic (exact) mass is 418 g/mol. The molecule has 31 heavy (non-hydrogen) atoms. The fourth-order valence-corrected chi connectivity index (χ4v) is 3.01. The van der Waals surface area contributed by atoms with Crippen molar-refractivity contribution in [2.24, 2.45) is 4.99 Å². The molecular weight excluding hydrogens is 392 g/mol. The van der Waals surface area contributed by atoms with Gasteiger partial charge < -0.3 is 15.5 Å². The van der Waals surface area contributed by atoms with E-state index in [1.807, 2.05) is 43.3 Å². The lowest BCUT2D eigenvalue weighted by Crippen LogP contribution is -2.26. The number of hydrogen-bond donors (Lipinski definition) is 2. The second-order valence-corrected chi connectivity index (χ2v) is 7.29. The first-order valence-electron chi connectivity index (χ1n) is 9.84. The van der Waals surface area contributed by atoms with E-state index >= 15 is 0 Å². The van der Waals surface area contributed by atoms with Crippen molar-refractivity contribution < 1.29 is 9.59 Å². The number of anilines is 1. The minimum absolute atomic E-state index is 0.0295. The Hall–Kier alpha value is -3.94. The van der Waals surface area contributed by atoms with E-state index in [0.717, 1.165) is 16.8 Å². The zero-order valence-corrected chi connectivity index (χ0v) is 17.9. The summed E-state index contributed by atoms with van der Waals surface area (Å²) in [5.41, 5.74) is 3.89. The number of pyridine rings is 1. The highest BCUT2D eigenvalue weighted by Gasteiger charge is 2.20. The van der Waals surface area contributed by atoms with Crippen LogP contribution >= 0.6 is 0 Å². The van der Waals surface area contributed by atoms with Crippen LogP contribution < -0.4 is 10.6 Å². The molecule has 0 aliphatic carbocycles. The summed E-state index contributed by atoms with van der Waals surface area (Å²) >= 11 is 0. The average molecular weight is 419 g/mol. The zero-order valence-electron chi connectivity index (χ0n) is 17.9. The van der Waals surface area contributed by atoms with Crippen molar-refractivity contribution in [3.05, 3.63) is 72.3 Å². The van der Waals surface area contributed by atoms with Gasteiger partial charge in [-0.25, -0.2) is 9.78 Å². The summed E-state index contributed by atoms with van der Waals surface area (Å²) < 4.78 is 0. The van der Waals surface area contributed by atoms with E-state index in [1.165, 1.54) is 0 Å². The quantitative estimate of drug-likeness (QED) is 0.675. The molecule has 8 heteroatoms. The molecule has 160 valence electrons. The maximum Gasteiger partial charge on any atom is 0.321 e. The van der Waals surface area contributed by atoms with E-state index in [2.05, 4.69) is 27.2 Å². The third kappa shape index (κ3) is 5.57. The van der Waals surface area contributed by atoms with Crippen molar-refractivity contribution in [2.75, 3.05) is 32.5 Å². The summed E-state index contributed by atoms with van der Waals surface area (Å²) in [4.78, 5) is 35.4. The number of aliphatic imine (C=N–C) groups is 1. The van der Waals surface area contributed by atoms with Gasteiger partial charge in [-0.2, -0.15) is 0 Å². The standard InChI is InChI=1S/C23H26N6O2/c1-16(13-24-14-17(2)29-12-11-25-23(29)31)27-21-10-9-20(15-26-21)18-5-7-19(8-6-18)22(30)28(3)4/h5-10,13-15H,1,11-12H2,2-4H3,(H,25,31)(H,26,27)/b17-14+,24-13?. The molecule has 0 bridgehead atoms. The molecule has 0 unspecified atom stereocenters. The Morgan fingerprint density at radius 1 is 1.23 bits per heavy atom. The topological polar surface area (TPSA) is 89.9 Å². The maximum atomic E-state index is 12.0. The number of carbonyl (C=O) groups excluding carboxylic acids is 2. The molecule has 1 aromatic carbocycles. The van der Waals surface area contributed by atoms with Crippen molar-refractivity contribution in [3.8, 4) is 11.1 Å². The molecule has 0 saturated carbocycles. The molecule has 0 spiro atoms. The summed E-state index contributed by atoms with van der Waals surface area (Å²) in [6.45, 7) is 7.04. The van der Waals surface area contributed by atoms with E-state index in [-0.39, 0.29) is 11.9 Å². The molecule has 2 N–H and O–H groups in total. The van der Waals surface area contributed by atoms with E-state index in [1.54, 1.807) is 42.5 Å². The van der Waals surface area contributed by atoms with Crippen LogP contribution in [-0.4, -0.2) is 60.1 Å². The molecule has 1 aliphatic rings. The Bertz CT molecular complexity index is 1020. The summed E-state index contributed by atoms with van der Waals surface area (Å²) in [6.07, 6.45) is 4.96. The highest BCUT2D eigenvalue weighted by atomic mass is 16.2. The van der Waals surface area contributed by atoms with Crippen LogP contribution in [0.15, 0.2) is 71.8 Å². The second kappa shape index (κ2) is 9.71. The summed E-state index contributed by atoms with van der Waals surface area (Å²) in [7, 11) is 3.46. The number of nitrogens with zero attached hydrogens (tertiary/aromatic N) is 4.